The van der Waals surface area contributed by atoms with E-state index in [1.165, 1.54) is 0 Å². The molecule has 0 radical (unpaired) electrons. The Kier molecular flexibility index (Phi) is 5.49. The average Bonchev–Trinajstić information content (AvgIpc) is 2.66. The third kappa shape index (κ3) is 4.23. The maximum Gasteiger partial charge on any atom is 0.303 e. The van der Waals surface area contributed by atoms with Crippen LogP contribution in [0.4, 0.5) is 0 Å². The molecule has 0 unspecified atom stereocenters. The predicted molar refractivity (Wildman–Crippen MR) is 107 cm³/mol. The summed E-state index contributed by atoms with van der Waals surface area (Å²) in [6, 6.07) is 15.6. The minimum Gasteiger partial charge on any atom is -0.481 e. The zero-order valence-electron chi connectivity index (χ0n) is 15.8. The number of hydrogen-bond donors (Lipinski definition) is 2. The van der Waals surface area contributed by atoms with Gasteiger partial charge in [-0.25, -0.2) is 4.98 Å². The number of primary amides is 1. The summed E-state index contributed by atoms with van der Waals surface area (Å²) >= 11 is 0. The van der Waals surface area contributed by atoms with E-state index in [9.17, 15) is 9.59 Å². The number of hydrogen-bond acceptors (Lipinski definition) is 4. The third-order valence-electron chi connectivity index (χ3n) is 4.52. The van der Waals surface area contributed by atoms with E-state index in [0.29, 0.717) is 17.8 Å². The minimum absolute atomic E-state index is 0.107. The van der Waals surface area contributed by atoms with E-state index in [0.717, 1.165) is 27.9 Å². The molecule has 0 aliphatic carbocycles. The van der Waals surface area contributed by atoms with E-state index in [1.54, 1.807) is 6.92 Å². The molecule has 0 aliphatic heterocycles. The van der Waals surface area contributed by atoms with Crippen LogP contribution in [-0.2, 0) is 11.2 Å². The van der Waals surface area contributed by atoms with Crippen LogP contribution >= 0.6 is 0 Å². The van der Waals surface area contributed by atoms with Gasteiger partial charge in [0.1, 0.15) is 5.69 Å². The van der Waals surface area contributed by atoms with Gasteiger partial charge in [-0.05, 0) is 37.0 Å². The number of rotatable bonds is 6. The van der Waals surface area contributed by atoms with Crippen molar-refractivity contribution in [1.29, 1.82) is 0 Å². The number of aliphatic carboxylic acids is 1. The van der Waals surface area contributed by atoms with E-state index in [2.05, 4.69) is 9.97 Å². The lowest BCUT2D eigenvalue weighted by molar-refractivity contribution is -0.136. The van der Waals surface area contributed by atoms with Gasteiger partial charge in [-0.2, -0.15) is 0 Å². The highest BCUT2D eigenvalue weighted by Crippen LogP contribution is 2.26. The molecule has 3 N–H and O–H groups in total. The first-order chi connectivity index (χ1) is 13.3. The minimum atomic E-state index is -0.806. The van der Waals surface area contributed by atoms with Crippen LogP contribution in [0.3, 0.4) is 0 Å². The van der Waals surface area contributed by atoms with E-state index in [4.69, 9.17) is 10.8 Å². The van der Waals surface area contributed by atoms with Gasteiger partial charge in [-0.3, -0.25) is 14.6 Å². The van der Waals surface area contributed by atoms with Crippen LogP contribution in [-0.4, -0.2) is 27.0 Å². The fraction of sp³-hybridized carbons (Fsp3) is 0.182. The van der Waals surface area contributed by atoms with Crippen molar-refractivity contribution in [2.75, 3.05) is 0 Å². The molecule has 1 heterocycles. The fourth-order valence-electron chi connectivity index (χ4n) is 3.12. The number of carboxylic acids is 1. The van der Waals surface area contributed by atoms with Crippen molar-refractivity contribution in [1.82, 2.24) is 9.97 Å². The number of nitrogens with zero attached hydrogens (tertiary/aromatic N) is 2. The largest absolute Gasteiger partial charge is 0.481 e. The van der Waals surface area contributed by atoms with Crippen molar-refractivity contribution in [3.63, 3.8) is 0 Å². The van der Waals surface area contributed by atoms with Crippen molar-refractivity contribution >= 4 is 11.9 Å². The molecule has 1 amide bonds. The quantitative estimate of drug-likeness (QED) is 0.685. The summed E-state index contributed by atoms with van der Waals surface area (Å²) in [5.74, 6) is -1.40. The number of carbonyl (C=O) groups is 2. The molecule has 3 aromatic rings. The Morgan fingerprint density at radius 2 is 1.61 bits per heavy atom. The van der Waals surface area contributed by atoms with Crippen LogP contribution < -0.4 is 5.73 Å². The molecule has 28 heavy (non-hydrogen) atoms. The Labute approximate surface area is 163 Å². The van der Waals surface area contributed by atoms with Crippen LogP contribution in [0.1, 0.15) is 33.9 Å². The normalized spacial score (nSPS) is 10.6. The average molecular weight is 375 g/mol. The van der Waals surface area contributed by atoms with Gasteiger partial charge in [0, 0.05) is 12.0 Å². The van der Waals surface area contributed by atoms with Gasteiger partial charge < -0.3 is 10.8 Å². The van der Waals surface area contributed by atoms with Gasteiger partial charge in [-0.1, -0.05) is 48.5 Å². The summed E-state index contributed by atoms with van der Waals surface area (Å²) in [4.78, 5) is 31.1. The van der Waals surface area contributed by atoms with Crippen LogP contribution in [0.15, 0.2) is 48.5 Å². The van der Waals surface area contributed by atoms with Crippen LogP contribution in [0.25, 0.3) is 22.4 Å². The number of aromatic nitrogens is 2. The number of benzene rings is 2. The SMILES string of the molecule is Cc1nc(C)c(-c2ccc(-c3cccc(CCC(=O)O)c3)cc2)nc1C(N)=O. The Hall–Kier alpha value is -3.54. The van der Waals surface area contributed by atoms with E-state index >= 15 is 0 Å². The predicted octanol–water partition coefficient (Wildman–Crippen LogP) is 3.54. The zero-order valence-corrected chi connectivity index (χ0v) is 15.8. The smallest absolute Gasteiger partial charge is 0.303 e. The van der Waals surface area contributed by atoms with Crippen molar-refractivity contribution in [3.05, 3.63) is 71.2 Å². The lowest BCUT2D eigenvalue weighted by Crippen LogP contribution is -2.17. The Morgan fingerprint density at radius 3 is 2.25 bits per heavy atom. The summed E-state index contributed by atoms with van der Waals surface area (Å²) < 4.78 is 0. The molecule has 0 atom stereocenters. The number of carbonyl (C=O) groups excluding carboxylic acids is 1. The van der Waals surface area contributed by atoms with Gasteiger partial charge in [0.2, 0.25) is 0 Å². The first-order valence-electron chi connectivity index (χ1n) is 8.91. The number of nitrogens with two attached hydrogens (primary N) is 1. The fourth-order valence-corrected chi connectivity index (χ4v) is 3.12. The molecule has 0 bridgehead atoms. The molecule has 0 saturated heterocycles. The summed E-state index contributed by atoms with van der Waals surface area (Å²) in [6.07, 6.45) is 0.602. The van der Waals surface area contributed by atoms with E-state index in [-0.39, 0.29) is 12.1 Å². The number of amides is 1. The first kappa shape index (κ1) is 19.2. The maximum atomic E-state index is 11.6. The summed E-state index contributed by atoms with van der Waals surface area (Å²) in [7, 11) is 0. The van der Waals surface area contributed by atoms with Crippen molar-refractivity contribution < 1.29 is 14.7 Å². The Bertz CT molecular complexity index is 1040. The molecule has 142 valence electrons. The highest BCUT2D eigenvalue weighted by Gasteiger charge is 2.14. The molecular weight excluding hydrogens is 354 g/mol. The first-order valence-corrected chi connectivity index (χ1v) is 8.91. The monoisotopic (exact) mass is 375 g/mol. The van der Waals surface area contributed by atoms with Crippen molar-refractivity contribution in [2.24, 2.45) is 5.73 Å². The van der Waals surface area contributed by atoms with E-state index < -0.39 is 11.9 Å². The molecule has 0 fully saturated rings. The molecule has 0 aliphatic rings. The topological polar surface area (TPSA) is 106 Å². The maximum absolute atomic E-state index is 11.6. The summed E-state index contributed by atoms with van der Waals surface area (Å²) in [6.45, 7) is 3.56. The van der Waals surface area contributed by atoms with Gasteiger partial charge in [0.15, 0.2) is 0 Å². The molecule has 6 nitrogen and oxygen atoms in total. The van der Waals surface area contributed by atoms with E-state index in [1.807, 2.05) is 55.5 Å². The molecule has 3 rings (SSSR count). The lowest BCUT2D eigenvalue weighted by Gasteiger charge is -2.10. The molecule has 1 aromatic heterocycles. The summed E-state index contributed by atoms with van der Waals surface area (Å²) in [5, 5.41) is 8.85. The van der Waals surface area contributed by atoms with Gasteiger partial charge >= 0.3 is 5.97 Å². The van der Waals surface area contributed by atoms with Gasteiger partial charge in [-0.15, -0.1) is 0 Å². The van der Waals surface area contributed by atoms with Gasteiger partial charge in [0.25, 0.3) is 5.91 Å². The lowest BCUT2D eigenvalue weighted by atomic mass is 9.99. The molecular formula is C22H21N3O3. The second-order valence-corrected chi connectivity index (χ2v) is 6.63. The second kappa shape index (κ2) is 8.00. The standard InChI is InChI=1S/C22H21N3O3/c1-13-20(25-21(22(23)28)14(2)24-13)17-9-7-16(8-10-17)18-5-3-4-15(12-18)6-11-19(26)27/h3-5,7-10,12H,6,11H2,1-2H3,(H2,23,28)(H,26,27). The highest BCUT2D eigenvalue weighted by atomic mass is 16.4. The Morgan fingerprint density at radius 1 is 0.929 bits per heavy atom. The molecule has 0 saturated carbocycles. The van der Waals surface area contributed by atoms with Crippen molar-refractivity contribution in [3.8, 4) is 22.4 Å². The molecule has 2 aromatic carbocycles. The molecule has 6 heteroatoms. The highest BCUT2D eigenvalue weighted by molar-refractivity contribution is 5.92. The summed E-state index contributed by atoms with van der Waals surface area (Å²) in [5.41, 5.74) is 11.3. The molecule has 0 spiro atoms. The zero-order chi connectivity index (χ0) is 20.3. The number of aryl methyl sites for hydroxylation is 3. The van der Waals surface area contributed by atoms with Crippen LogP contribution in [0.5, 0.6) is 0 Å². The number of carboxylic acid groups (broad SMARTS) is 1. The van der Waals surface area contributed by atoms with Gasteiger partial charge in [0.05, 0.1) is 17.1 Å². The van der Waals surface area contributed by atoms with Crippen LogP contribution in [0, 0.1) is 13.8 Å². The van der Waals surface area contributed by atoms with Crippen molar-refractivity contribution in [2.45, 2.75) is 26.7 Å². The Balaban J connectivity index is 1.91. The third-order valence-corrected chi connectivity index (χ3v) is 4.52. The van der Waals surface area contributed by atoms with Crippen LogP contribution in [0.2, 0.25) is 0 Å². The second-order valence-electron chi connectivity index (χ2n) is 6.63.